The number of likely N-dealkylation sites (tertiary alicyclic amines) is 1. The van der Waals surface area contributed by atoms with Crippen molar-refractivity contribution in [1.82, 2.24) is 14.9 Å². The highest BCUT2D eigenvalue weighted by Crippen LogP contribution is 2.22. The third kappa shape index (κ3) is 2.87. The summed E-state index contributed by atoms with van der Waals surface area (Å²) in [5.41, 5.74) is 6.66. The quantitative estimate of drug-likeness (QED) is 0.862. The molecule has 0 aliphatic carbocycles. The number of hydrogen-bond acceptors (Lipinski definition) is 5. The first-order valence-corrected chi connectivity index (χ1v) is 7.37. The van der Waals surface area contributed by atoms with Gasteiger partial charge in [0.1, 0.15) is 0 Å². The van der Waals surface area contributed by atoms with Crippen molar-refractivity contribution in [2.75, 3.05) is 37.6 Å². The SMILES string of the molecule is NCCc1cnc(N2CCC(N3CCCC3)C2)nc1. The summed E-state index contributed by atoms with van der Waals surface area (Å²) in [5.74, 6) is 0.877. The summed E-state index contributed by atoms with van der Waals surface area (Å²) >= 11 is 0. The number of nitrogens with zero attached hydrogens (tertiary/aromatic N) is 4. The first kappa shape index (κ1) is 12.8. The summed E-state index contributed by atoms with van der Waals surface area (Å²) in [5, 5.41) is 0. The lowest BCUT2D eigenvalue weighted by Crippen LogP contribution is -2.35. The van der Waals surface area contributed by atoms with Crippen LogP contribution in [0.2, 0.25) is 0 Å². The van der Waals surface area contributed by atoms with Crippen molar-refractivity contribution < 1.29 is 0 Å². The monoisotopic (exact) mass is 261 g/mol. The Morgan fingerprint density at radius 3 is 2.58 bits per heavy atom. The molecule has 2 saturated heterocycles. The predicted molar refractivity (Wildman–Crippen MR) is 76.2 cm³/mol. The zero-order valence-corrected chi connectivity index (χ0v) is 11.5. The molecule has 0 aromatic carbocycles. The molecule has 5 nitrogen and oxygen atoms in total. The first-order valence-electron chi connectivity index (χ1n) is 7.37. The first-order chi connectivity index (χ1) is 9.36. The van der Waals surface area contributed by atoms with Gasteiger partial charge in [-0.1, -0.05) is 0 Å². The normalized spacial score (nSPS) is 24.3. The van der Waals surface area contributed by atoms with Crippen LogP contribution in [0, 0.1) is 0 Å². The molecule has 19 heavy (non-hydrogen) atoms. The minimum absolute atomic E-state index is 0.656. The van der Waals surface area contributed by atoms with Gasteiger partial charge in [0, 0.05) is 31.5 Å². The van der Waals surface area contributed by atoms with Crippen LogP contribution in [-0.2, 0) is 6.42 Å². The number of rotatable bonds is 4. The highest BCUT2D eigenvalue weighted by atomic mass is 15.3. The van der Waals surface area contributed by atoms with E-state index in [9.17, 15) is 0 Å². The van der Waals surface area contributed by atoms with E-state index in [2.05, 4.69) is 19.8 Å². The Kier molecular flexibility index (Phi) is 3.94. The van der Waals surface area contributed by atoms with Crippen LogP contribution in [0.5, 0.6) is 0 Å². The molecule has 3 heterocycles. The number of nitrogens with two attached hydrogens (primary N) is 1. The van der Waals surface area contributed by atoms with E-state index in [0.29, 0.717) is 12.6 Å². The van der Waals surface area contributed by atoms with Gasteiger partial charge in [0.05, 0.1) is 0 Å². The van der Waals surface area contributed by atoms with Crippen LogP contribution >= 0.6 is 0 Å². The number of anilines is 1. The Morgan fingerprint density at radius 2 is 1.89 bits per heavy atom. The zero-order chi connectivity index (χ0) is 13.1. The minimum atomic E-state index is 0.656. The molecule has 0 saturated carbocycles. The lowest BCUT2D eigenvalue weighted by Gasteiger charge is -2.23. The Bertz CT molecular complexity index is 399. The Labute approximate surface area is 114 Å². The van der Waals surface area contributed by atoms with Crippen molar-refractivity contribution in [3.8, 4) is 0 Å². The summed E-state index contributed by atoms with van der Waals surface area (Å²) in [6.45, 7) is 5.36. The molecule has 2 fully saturated rings. The van der Waals surface area contributed by atoms with E-state index in [1.165, 1.54) is 32.4 Å². The molecule has 2 aliphatic rings. The van der Waals surface area contributed by atoms with Crippen molar-refractivity contribution in [2.24, 2.45) is 5.73 Å². The smallest absolute Gasteiger partial charge is 0.225 e. The van der Waals surface area contributed by atoms with E-state index in [0.717, 1.165) is 31.0 Å². The lowest BCUT2D eigenvalue weighted by atomic mass is 10.2. The van der Waals surface area contributed by atoms with Crippen LogP contribution in [0.15, 0.2) is 12.4 Å². The molecule has 1 unspecified atom stereocenters. The van der Waals surface area contributed by atoms with Crippen LogP contribution in [-0.4, -0.2) is 53.6 Å². The minimum Gasteiger partial charge on any atom is -0.339 e. The molecule has 3 rings (SSSR count). The van der Waals surface area contributed by atoms with Gasteiger partial charge in [0.15, 0.2) is 0 Å². The van der Waals surface area contributed by atoms with E-state index >= 15 is 0 Å². The molecule has 1 aromatic heterocycles. The van der Waals surface area contributed by atoms with Crippen molar-refractivity contribution in [3.05, 3.63) is 18.0 Å². The van der Waals surface area contributed by atoms with Crippen LogP contribution in [0.1, 0.15) is 24.8 Å². The van der Waals surface area contributed by atoms with Crippen LogP contribution < -0.4 is 10.6 Å². The molecule has 0 radical (unpaired) electrons. The molecule has 2 aliphatic heterocycles. The third-order valence-electron chi connectivity index (χ3n) is 4.23. The van der Waals surface area contributed by atoms with Crippen molar-refractivity contribution in [1.29, 1.82) is 0 Å². The van der Waals surface area contributed by atoms with Gasteiger partial charge in [-0.2, -0.15) is 0 Å². The fourth-order valence-corrected chi connectivity index (χ4v) is 3.14. The third-order valence-corrected chi connectivity index (χ3v) is 4.23. The molecule has 0 amide bonds. The maximum atomic E-state index is 5.54. The van der Waals surface area contributed by atoms with E-state index in [4.69, 9.17) is 5.73 Å². The molecule has 0 spiro atoms. The molecule has 0 bridgehead atoms. The standard InChI is InChI=1S/C14H23N5/c15-5-3-12-9-16-14(17-10-12)19-8-4-13(11-19)18-6-1-2-7-18/h9-10,13H,1-8,11,15H2. The average Bonchev–Trinajstić information content (AvgIpc) is 3.11. The molecule has 1 atom stereocenters. The summed E-state index contributed by atoms with van der Waals surface area (Å²) < 4.78 is 0. The highest BCUT2D eigenvalue weighted by molar-refractivity contribution is 5.32. The summed E-state index contributed by atoms with van der Waals surface area (Å²) in [4.78, 5) is 13.9. The number of aromatic nitrogens is 2. The summed E-state index contributed by atoms with van der Waals surface area (Å²) in [7, 11) is 0. The van der Waals surface area contributed by atoms with Gasteiger partial charge in [0.2, 0.25) is 5.95 Å². The average molecular weight is 261 g/mol. The fourth-order valence-electron chi connectivity index (χ4n) is 3.14. The molecule has 5 heteroatoms. The summed E-state index contributed by atoms with van der Waals surface area (Å²) in [6, 6.07) is 0.704. The molecular weight excluding hydrogens is 238 g/mol. The second-order valence-electron chi connectivity index (χ2n) is 5.56. The van der Waals surface area contributed by atoms with Crippen LogP contribution in [0.3, 0.4) is 0 Å². The van der Waals surface area contributed by atoms with Gasteiger partial charge in [-0.25, -0.2) is 9.97 Å². The Hall–Kier alpha value is -1.20. The van der Waals surface area contributed by atoms with Gasteiger partial charge in [-0.05, 0) is 50.9 Å². The highest BCUT2D eigenvalue weighted by Gasteiger charge is 2.30. The Morgan fingerprint density at radius 1 is 1.16 bits per heavy atom. The number of hydrogen-bond donors (Lipinski definition) is 1. The molecule has 104 valence electrons. The summed E-state index contributed by atoms with van der Waals surface area (Å²) in [6.07, 6.45) is 8.66. The maximum Gasteiger partial charge on any atom is 0.225 e. The predicted octanol–water partition coefficient (Wildman–Crippen LogP) is 0.652. The second-order valence-corrected chi connectivity index (χ2v) is 5.56. The van der Waals surface area contributed by atoms with Crippen molar-refractivity contribution in [2.45, 2.75) is 31.7 Å². The fraction of sp³-hybridized carbons (Fsp3) is 0.714. The molecule has 1 aromatic rings. The van der Waals surface area contributed by atoms with Gasteiger partial charge in [-0.15, -0.1) is 0 Å². The van der Waals surface area contributed by atoms with E-state index in [1.54, 1.807) is 0 Å². The molecule has 2 N–H and O–H groups in total. The van der Waals surface area contributed by atoms with Crippen molar-refractivity contribution >= 4 is 5.95 Å². The van der Waals surface area contributed by atoms with Gasteiger partial charge in [0.25, 0.3) is 0 Å². The largest absolute Gasteiger partial charge is 0.339 e. The van der Waals surface area contributed by atoms with Crippen LogP contribution in [0.4, 0.5) is 5.95 Å². The van der Waals surface area contributed by atoms with Gasteiger partial charge < -0.3 is 10.6 Å². The Balaban J connectivity index is 1.60. The lowest BCUT2D eigenvalue weighted by molar-refractivity contribution is 0.260. The van der Waals surface area contributed by atoms with Gasteiger partial charge >= 0.3 is 0 Å². The maximum absolute atomic E-state index is 5.54. The van der Waals surface area contributed by atoms with Crippen LogP contribution in [0.25, 0.3) is 0 Å². The van der Waals surface area contributed by atoms with Crippen molar-refractivity contribution in [3.63, 3.8) is 0 Å². The second kappa shape index (κ2) is 5.84. The zero-order valence-electron chi connectivity index (χ0n) is 11.5. The van der Waals surface area contributed by atoms with E-state index < -0.39 is 0 Å². The topological polar surface area (TPSA) is 58.3 Å². The van der Waals surface area contributed by atoms with Gasteiger partial charge in [-0.3, -0.25) is 4.90 Å². The molecular formula is C14H23N5. The van der Waals surface area contributed by atoms with E-state index in [-0.39, 0.29) is 0 Å². The van der Waals surface area contributed by atoms with E-state index in [1.807, 2.05) is 12.4 Å².